The fourth-order valence-corrected chi connectivity index (χ4v) is 4.54. The smallest absolute Gasteiger partial charge is 0.404 e. The summed E-state index contributed by atoms with van der Waals surface area (Å²) in [7, 11) is 0. The maximum Gasteiger partial charge on any atom is 0.407 e. The van der Waals surface area contributed by atoms with Gasteiger partial charge >= 0.3 is 6.18 Å². The van der Waals surface area contributed by atoms with Gasteiger partial charge in [0.05, 0.1) is 12.7 Å². The highest BCUT2D eigenvalue weighted by molar-refractivity contribution is 8.13. The first-order valence-electron chi connectivity index (χ1n) is 8.68. The van der Waals surface area contributed by atoms with E-state index >= 15 is 0 Å². The molecule has 158 valence electrons. The van der Waals surface area contributed by atoms with Crippen LogP contribution in [0.1, 0.15) is 12.0 Å². The molecule has 0 bridgehead atoms. The van der Waals surface area contributed by atoms with Crippen LogP contribution in [0, 0.1) is 17.6 Å². The van der Waals surface area contributed by atoms with Gasteiger partial charge in [0.25, 0.3) is 0 Å². The number of hydrogen-bond donors (Lipinski definition) is 2. The molecular formula is C18H19F5N4OS. The molecule has 3 rings (SSSR count). The predicted molar refractivity (Wildman–Crippen MR) is 102 cm³/mol. The van der Waals surface area contributed by atoms with Crippen molar-refractivity contribution in [2.45, 2.75) is 24.2 Å². The van der Waals surface area contributed by atoms with Crippen molar-refractivity contribution < 1.29 is 26.7 Å². The van der Waals surface area contributed by atoms with Crippen molar-refractivity contribution in [2.24, 2.45) is 27.4 Å². The number of aliphatic imine (C=N–C) groups is 2. The van der Waals surface area contributed by atoms with E-state index in [9.17, 15) is 22.0 Å². The van der Waals surface area contributed by atoms with Crippen molar-refractivity contribution in [3.63, 3.8) is 0 Å². The summed E-state index contributed by atoms with van der Waals surface area (Å²) in [6.45, 7) is -1.42. The zero-order valence-electron chi connectivity index (χ0n) is 15.1. The maximum absolute atomic E-state index is 14.6. The minimum Gasteiger partial charge on any atom is -0.404 e. The molecular weight excluding hydrogens is 415 g/mol. The summed E-state index contributed by atoms with van der Waals surface area (Å²) in [6, 6.07) is 3.23. The number of thioether (sulfide) groups is 1. The highest BCUT2D eigenvalue weighted by atomic mass is 32.2. The van der Waals surface area contributed by atoms with Crippen LogP contribution in [0.15, 0.2) is 40.0 Å². The Hall–Kier alpha value is -2.14. The van der Waals surface area contributed by atoms with Gasteiger partial charge in [-0.25, -0.2) is 13.8 Å². The van der Waals surface area contributed by atoms with E-state index in [4.69, 9.17) is 16.2 Å². The fraction of sp³-hybridized carbons (Fsp3) is 0.444. The topological polar surface area (TPSA) is 86.0 Å². The molecule has 0 amide bonds. The van der Waals surface area contributed by atoms with Crippen LogP contribution in [-0.4, -0.2) is 42.6 Å². The molecule has 3 atom stereocenters. The van der Waals surface area contributed by atoms with Crippen LogP contribution in [0.2, 0.25) is 0 Å². The molecule has 0 saturated carbocycles. The van der Waals surface area contributed by atoms with Crippen molar-refractivity contribution in [1.82, 2.24) is 0 Å². The van der Waals surface area contributed by atoms with E-state index in [1.807, 2.05) is 0 Å². The van der Waals surface area contributed by atoms with Gasteiger partial charge in [-0.05, 0) is 12.5 Å². The number of amidine groups is 1. The normalized spacial score (nSPS) is 28.3. The summed E-state index contributed by atoms with van der Waals surface area (Å²) >= 11 is 1.29. The van der Waals surface area contributed by atoms with Gasteiger partial charge < -0.3 is 16.2 Å². The van der Waals surface area contributed by atoms with Crippen molar-refractivity contribution in [3.05, 3.63) is 47.2 Å². The van der Waals surface area contributed by atoms with Gasteiger partial charge in [0.1, 0.15) is 23.7 Å². The molecule has 0 spiro atoms. The van der Waals surface area contributed by atoms with Crippen LogP contribution < -0.4 is 11.5 Å². The zero-order valence-corrected chi connectivity index (χ0v) is 15.9. The summed E-state index contributed by atoms with van der Waals surface area (Å²) in [5.74, 6) is -1.25. The SMILES string of the molecule is NC=C(C=NCC(F)(F)F)[C@H]1C[C@H]2CSC(N)=N[C@@]2(c2ccc(F)cc2F)CO1. The summed E-state index contributed by atoms with van der Waals surface area (Å²) in [6.07, 6.45) is -2.57. The van der Waals surface area contributed by atoms with Gasteiger partial charge in [0.15, 0.2) is 5.17 Å². The molecule has 2 aliphatic heterocycles. The third-order valence-electron chi connectivity index (χ3n) is 4.89. The zero-order chi connectivity index (χ0) is 21.2. The quantitative estimate of drug-likeness (QED) is 0.563. The highest BCUT2D eigenvalue weighted by Gasteiger charge is 2.49. The van der Waals surface area contributed by atoms with Crippen molar-refractivity contribution in [1.29, 1.82) is 0 Å². The van der Waals surface area contributed by atoms with E-state index in [1.165, 1.54) is 17.8 Å². The Morgan fingerprint density at radius 3 is 2.79 bits per heavy atom. The number of rotatable bonds is 4. The molecule has 4 N–H and O–H groups in total. The second kappa shape index (κ2) is 8.31. The number of nitrogens with zero attached hydrogens (tertiary/aromatic N) is 2. The average molecular weight is 434 g/mol. The molecule has 0 unspecified atom stereocenters. The van der Waals surface area contributed by atoms with Gasteiger partial charge in [0, 0.05) is 41.3 Å². The van der Waals surface area contributed by atoms with E-state index in [1.54, 1.807) is 0 Å². The lowest BCUT2D eigenvalue weighted by Crippen LogP contribution is -2.51. The number of halogens is 5. The molecule has 1 aromatic rings. The first-order chi connectivity index (χ1) is 13.6. The Kier molecular flexibility index (Phi) is 6.18. The van der Waals surface area contributed by atoms with Crippen LogP contribution in [-0.2, 0) is 10.3 Å². The molecule has 0 radical (unpaired) electrons. The van der Waals surface area contributed by atoms with E-state index < -0.39 is 36.0 Å². The standard InChI is InChI=1S/C18H19F5N4OS/c19-12-1-2-13(14(20)4-12)17-9-28-15(3-11(17)7-29-16(25)27-17)10(5-24)6-26-8-18(21,22)23/h1-2,4-6,11,15H,3,7-9,24H2,(H2,25,27)/t11-,15+,17-/m0/s1. The van der Waals surface area contributed by atoms with Gasteiger partial charge in [-0.2, -0.15) is 13.2 Å². The van der Waals surface area contributed by atoms with Crippen LogP contribution >= 0.6 is 11.8 Å². The Morgan fingerprint density at radius 1 is 1.38 bits per heavy atom. The summed E-state index contributed by atoms with van der Waals surface area (Å²) in [5, 5.41) is 0.258. The van der Waals surface area contributed by atoms with Crippen LogP contribution in [0.3, 0.4) is 0 Å². The van der Waals surface area contributed by atoms with E-state index in [0.29, 0.717) is 12.2 Å². The number of hydrogen-bond acceptors (Lipinski definition) is 6. The third kappa shape index (κ3) is 4.72. The fourth-order valence-electron chi connectivity index (χ4n) is 3.53. The van der Waals surface area contributed by atoms with E-state index in [2.05, 4.69) is 9.98 Å². The number of fused-ring (bicyclic) bond motifs is 1. The van der Waals surface area contributed by atoms with Crippen LogP contribution in [0.5, 0.6) is 0 Å². The molecule has 2 heterocycles. The minimum absolute atomic E-state index is 0.0867. The molecule has 11 heteroatoms. The Labute approximate surface area is 168 Å². The number of benzene rings is 1. The molecule has 1 saturated heterocycles. The summed E-state index contributed by atoms with van der Waals surface area (Å²) in [4.78, 5) is 7.82. The van der Waals surface area contributed by atoms with Gasteiger partial charge in [-0.15, -0.1) is 0 Å². The Bertz CT molecular complexity index is 857. The monoisotopic (exact) mass is 434 g/mol. The largest absolute Gasteiger partial charge is 0.407 e. The lowest BCUT2D eigenvalue weighted by atomic mass is 9.74. The van der Waals surface area contributed by atoms with Crippen LogP contribution in [0.25, 0.3) is 0 Å². The van der Waals surface area contributed by atoms with Crippen LogP contribution in [0.4, 0.5) is 22.0 Å². The average Bonchev–Trinajstić information content (AvgIpc) is 2.64. The first kappa shape index (κ1) is 21.6. The summed E-state index contributed by atoms with van der Waals surface area (Å²) in [5.41, 5.74) is 10.7. The van der Waals surface area contributed by atoms with Gasteiger partial charge in [-0.3, -0.25) is 4.99 Å². The third-order valence-corrected chi connectivity index (χ3v) is 5.85. The summed E-state index contributed by atoms with van der Waals surface area (Å²) < 4.78 is 70.7. The van der Waals surface area contributed by atoms with Crippen molar-refractivity contribution >= 4 is 23.1 Å². The number of nitrogens with two attached hydrogens (primary N) is 2. The number of ether oxygens (including phenoxy) is 1. The second-order valence-corrected chi connectivity index (χ2v) is 7.83. The second-order valence-electron chi connectivity index (χ2n) is 6.79. The molecule has 2 aliphatic rings. The molecule has 1 aromatic carbocycles. The lowest BCUT2D eigenvalue weighted by molar-refractivity contribution is -0.118. The molecule has 5 nitrogen and oxygen atoms in total. The van der Waals surface area contributed by atoms with Gasteiger partial charge in [0.2, 0.25) is 0 Å². The molecule has 0 aromatic heterocycles. The maximum atomic E-state index is 14.6. The highest BCUT2D eigenvalue weighted by Crippen LogP contribution is 2.47. The Balaban J connectivity index is 1.87. The lowest BCUT2D eigenvalue weighted by Gasteiger charge is -2.46. The minimum atomic E-state index is -4.43. The van der Waals surface area contributed by atoms with Crippen molar-refractivity contribution in [2.75, 3.05) is 18.9 Å². The predicted octanol–water partition coefficient (Wildman–Crippen LogP) is 3.10. The van der Waals surface area contributed by atoms with Gasteiger partial charge in [-0.1, -0.05) is 17.8 Å². The van der Waals surface area contributed by atoms with E-state index in [0.717, 1.165) is 24.5 Å². The van der Waals surface area contributed by atoms with Crippen molar-refractivity contribution in [3.8, 4) is 0 Å². The Morgan fingerprint density at radius 2 is 2.14 bits per heavy atom. The number of alkyl halides is 3. The molecule has 0 aliphatic carbocycles. The van der Waals surface area contributed by atoms with E-state index in [-0.39, 0.29) is 28.8 Å². The first-order valence-corrected chi connectivity index (χ1v) is 9.67. The molecule has 1 fully saturated rings. The molecule has 29 heavy (non-hydrogen) atoms.